The minimum Gasteiger partial charge on any atom is -0.385 e. The van der Waals surface area contributed by atoms with E-state index in [0.717, 1.165) is 30.4 Å². The van der Waals surface area contributed by atoms with Crippen molar-refractivity contribution in [2.24, 2.45) is 0 Å². The van der Waals surface area contributed by atoms with Gasteiger partial charge in [0.15, 0.2) is 5.82 Å². The molecule has 1 aliphatic heterocycles. The second-order valence-electron chi connectivity index (χ2n) is 7.81. The van der Waals surface area contributed by atoms with Crippen molar-refractivity contribution in [3.63, 3.8) is 0 Å². The van der Waals surface area contributed by atoms with Gasteiger partial charge in [-0.2, -0.15) is 4.98 Å². The van der Waals surface area contributed by atoms with Crippen LogP contribution in [0.3, 0.4) is 0 Å². The van der Waals surface area contributed by atoms with Gasteiger partial charge in [0.25, 0.3) is 5.89 Å². The van der Waals surface area contributed by atoms with E-state index < -0.39 is 0 Å². The normalized spacial score (nSPS) is 15.6. The van der Waals surface area contributed by atoms with Crippen LogP contribution in [0, 0.1) is 0 Å². The van der Waals surface area contributed by atoms with Gasteiger partial charge in [-0.3, -0.25) is 4.98 Å². The van der Waals surface area contributed by atoms with Crippen molar-refractivity contribution in [3.05, 3.63) is 66.2 Å². The van der Waals surface area contributed by atoms with E-state index in [1.807, 2.05) is 47.4 Å². The van der Waals surface area contributed by atoms with Crippen LogP contribution in [-0.2, 0) is 16.7 Å². The number of hydrogen-bond acceptors (Lipinski definition) is 6. The van der Waals surface area contributed by atoms with E-state index in [2.05, 4.69) is 15.5 Å². The molecule has 0 spiro atoms. The van der Waals surface area contributed by atoms with Gasteiger partial charge in [-0.1, -0.05) is 35.5 Å². The lowest BCUT2D eigenvalue weighted by Crippen LogP contribution is -2.49. The summed E-state index contributed by atoms with van der Waals surface area (Å²) in [6.45, 7) is 2.37. The van der Waals surface area contributed by atoms with Gasteiger partial charge in [-0.25, -0.2) is 4.79 Å². The van der Waals surface area contributed by atoms with E-state index in [9.17, 15) is 4.79 Å². The Labute approximate surface area is 181 Å². The van der Waals surface area contributed by atoms with Crippen LogP contribution in [0.15, 0.2) is 59.4 Å². The largest absolute Gasteiger partial charge is 0.385 e. The molecule has 8 nitrogen and oxygen atoms in total. The van der Waals surface area contributed by atoms with Crippen LogP contribution in [0.2, 0.25) is 0 Å². The van der Waals surface area contributed by atoms with E-state index in [1.54, 1.807) is 19.5 Å². The third kappa shape index (κ3) is 4.91. The third-order valence-electron chi connectivity index (χ3n) is 5.91. The SMILES string of the molecule is COCCC1(c2noc(-c3ccncc3)n2)CCN(C(=O)NCc2ccccc2)CC1. The average molecular weight is 422 g/mol. The van der Waals surface area contributed by atoms with Crippen LogP contribution in [0.25, 0.3) is 11.5 Å². The monoisotopic (exact) mass is 421 g/mol. The van der Waals surface area contributed by atoms with Crippen molar-refractivity contribution in [1.29, 1.82) is 0 Å². The van der Waals surface area contributed by atoms with Crippen LogP contribution in [-0.4, -0.2) is 52.9 Å². The molecule has 3 aromatic rings. The minimum absolute atomic E-state index is 0.0465. The number of nitrogens with one attached hydrogen (secondary N) is 1. The van der Waals surface area contributed by atoms with Crippen LogP contribution in [0.1, 0.15) is 30.7 Å². The number of hydrogen-bond donors (Lipinski definition) is 1. The Kier molecular flexibility index (Phi) is 6.57. The maximum Gasteiger partial charge on any atom is 0.317 e. The zero-order valence-electron chi connectivity index (χ0n) is 17.7. The fourth-order valence-electron chi connectivity index (χ4n) is 3.96. The Morgan fingerprint density at radius 2 is 1.90 bits per heavy atom. The molecule has 0 bridgehead atoms. The molecule has 2 amide bonds. The van der Waals surface area contributed by atoms with Crippen LogP contribution in [0.4, 0.5) is 4.79 Å². The molecule has 3 heterocycles. The van der Waals surface area contributed by atoms with Crippen LogP contribution < -0.4 is 5.32 Å². The molecule has 0 unspecified atom stereocenters. The first-order chi connectivity index (χ1) is 15.2. The molecule has 0 saturated carbocycles. The number of pyridine rings is 1. The van der Waals surface area contributed by atoms with Crippen molar-refractivity contribution in [2.45, 2.75) is 31.2 Å². The van der Waals surface area contributed by atoms with Gasteiger partial charge in [-0.15, -0.1) is 0 Å². The quantitative estimate of drug-likeness (QED) is 0.628. The van der Waals surface area contributed by atoms with E-state index in [0.29, 0.717) is 38.0 Å². The van der Waals surface area contributed by atoms with Crippen molar-refractivity contribution in [2.75, 3.05) is 26.8 Å². The highest BCUT2D eigenvalue weighted by Gasteiger charge is 2.41. The summed E-state index contributed by atoms with van der Waals surface area (Å²) >= 11 is 0. The molecule has 1 aliphatic rings. The van der Waals surface area contributed by atoms with Gasteiger partial charge in [0.2, 0.25) is 0 Å². The molecule has 162 valence electrons. The lowest BCUT2D eigenvalue weighted by Gasteiger charge is -2.39. The minimum atomic E-state index is -0.277. The highest BCUT2D eigenvalue weighted by molar-refractivity contribution is 5.74. The molecule has 1 saturated heterocycles. The van der Waals surface area contributed by atoms with Gasteiger partial charge in [0.1, 0.15) is 0 Å². The maximum atomic E-state index is 12.7. The first-order valence-corrected chi connectivity index (χ1v) is 10.5. The predicted molar refractivity (Wildman–Crippen MR) is 115 cm³/mol. The van der Waals surface area contributed by atoms with E-state index >= 15 is 0 Å². The Bertz CT molecular complexity index is 969. The number of methoxy groups -OCH3 is 1. The summed E-state index contributed by atoms with van der Waals surface area (Å²) in [7, 11) is 1.69. The first kappa shape index (κ1) is 21.0. The molecular formula is C23H27N5O3. The fourth-order valence-corrected chi connectivity index (χ4v) is 3.96. The summed E-state index contributed by atoms with van der Waals surface area (Å²) < 4.78 is 10.9. The zero-order chi connectivity index (χ0) is 21.5. The van der Waals surface area contributed by atoms with Crippen LogP contribution >= 0.6 is 0 Å². The molecule has 31 heavy (non-hydrogen) atoms. The molecule has 8 heteroatoms. The highest BCUT2D eigenvalue weighted by Crippen LogP contribution is 2.38. The second-order valence-corrected chi connectivity index (χ2v) is 7.81. The fraction of sp³-hybridized carbons (Fsp3) is 0.391. The molecule has 1 aromatic carbocycles. The Morgan fingerprint density at radius 3 is 2.61 bits per heavy atom. The van der Waals surface area contributed by atoms with E-state index in [1.165, 1.54) is 0 Å². The Morgan fingerprint density at radius 1 is 1.16 bits per heavy atom. The molecule has 0 atom stereocenters. The molecular weight excluding hydrogens is 394 g/mol. The predicted octanol–water partition coefficient (Wildman–Crippen LogP) is 3.41. The third-order valence-corrected chi connectivity index (χ3v) is 5.91. The number of benzene rings is 1. The Balaban J connectivity index is 1.42. The van der Waals surface area contributed by atoms with Crippen molar-refractivity contribution in [3.8, 4) is 11.5 Å². The number of nitrogens with zero attached hydrogens (tertiary/aromatic N) is 4. The van der Waals surface area contributed by atoms with Gasteiger partial charge in [0, 0.05) is 56.7 Å². The summed E-state index contributed by atoms with van der Waals surface area (Å²) in [4.78, 5) is 23.2. The van der Waals surface area contributed by atoms with Gasteiger partial charge in [-0.05, 0) is 37.0 Å². The lowest BCUT2D eigenvalue weighted by molar-refractivity contribution is 0.114. The number of ether oxygens (including phenoxy) is 1. The second kappa shape index (κ2) is 9.70. The summed E-state index contributed by atoms with van der Waals surface area (Å²) in [5, 5.41) is 7.32. The van der Waals surface area contributed by atoms with Gasteiger partial charge < -0.3 is 19.5 Å². The first-order valence-electron chi connectivity index (χ1n) is 10.5. The number of carbonyl (C=O) groups is 1. The van der Waals surface area contributed by atoms with Crippen molar-refractivity contribution < 1.29 is 14.1 Å². The number of piperidine rings is 1. The maximum absolute atomic E-state index is 12.7. The lowest BCUT2D eigenvalue weighted by atomic mass is 9.75. The molecule has 1 N–H and O–H groups in total. The van der Waals surface area contributed by atoms with E-state index in [4.69, 9.17) is 14.2 Å². The Hall–Kier alpha value is -3.26. The topological polar surface area (TPSA) is 93.4 Å². The molecule has 2 aromatic heterocycles. The van der Waals surface area contributed by atoms with Crippen molar-refractivity contribution in [1.82, 2.24) is 25.3 Å². The standard InChI is InChI=1S/C23H27N5O3/c1-30-16-11-23(21-26-20(31-27-21)19-7-12-24-13-8-19)9-14-28(15-10-23)22(29)25-17-18-5-3-2-4-6-18/h2-8,12-13H,9-11,14-17H2,1H3,(H,25,29). The molecule has 1 fully saturated rings. The van der Waals surface area contributed by atoms with Gasteiger partial charge >= 0.3 is 6.03 Å². The van der Waals surface area contributed by atoms with Gasteiger partial charge in [0.05, 0.1) is 0 Å². The summed E-state index contributed by atoms with van der Waals surface area (Å²) in [6, 6.07) is 13.6. The van der Waals surface area contributed by atoms with Crippen LogP contribution in [0.5, 0.6) is 0 Å². The molecule has 4 rings (SSSR count). The highest BCUT2D eigenvalue weighted by atomic mass is 16.5. The summed E-state index contributed by atoms with van der Waals surface area (Å²) in [5.74, 6) is 1.16. The summed E-state index contributed by atoms with van der Waals surface area (Å²) in [5.41, 5.74) is 1.65. The number of urea groups is 1. The molecule has 0 aliphatic carbocycles. The number of likely N-dealkylation sites (tertiary alicyclic amines) is 1. The number of rotatable bonds is 7. The average Bonchev–Trinajstić information content (AvgIpc) is 3.34. The van der Waals surface area contributed by atoms with Crippen molar-refractivity contribution >= 4 is 6.03 Å². The van der Waals surface area contributed by atoms with E-state index in [-0.39, 0.29) is 11.4 Å². The summed E-state index contributed by atoms with van der Waals surface area (Å²) in [6.07, 6.45) is 5.69. The zero-order valence-corrected chi connectivity index (χ0v) is 17.7. The number of carbonyl (C=O) groups excluding carboxylic acids is 1. The number of aromatic nitrogens is 3. The smallest absolute Gasteiger partial charge is 0.317 e. The number of amides is 2. The molecule has 0 radical (unpaired) electrons.